The maximum absolute atomic E-state index is 16.1. The highest BCUT2D eigenvalue weighted by atomic mass is 19.1. The molecule has 202 valence electrons. The molecule has 10 nitrogen and oxygen atoms in total. The molecule has 3 aromatic rings. The van der Waals surface area contributed by atoms with Gasteiger partial charge in [0.05, 0.1) is 17.8 Å². The number of imide groups is 1. The molecule has 11 heteroatoms. The molecule has 3 aliphatic heterocycles. The first-order chi connectivity index (χ1) is 19.0. The van der Waals surface area contributed by atoms with Crippen molar-refractivity contribution < 1.29 is 18.8 Å². The largest absolute Gasteiger partial charge is 0.364 e. The first-order valence-electron chi connectivity index (χ1n) is 13.8. The second-order valence-corrected chi connectivity index (χ2v) is 11.0. The van der Waals surface area contributed by atoms with Gasteiger partial charge in [-0.1, -0.05) is 0 Å². The van der Waals surface area contributed by atoms with Gasteiger partial charge < -0.3 is 5.32 Å². The van der Waals surface area contributed by atoms with Crippen LogP contribution in [0.5, 0.6) is 0 Å². The number of hydrogen-bond acceptors (Lipinski definition) is 7. The van der Waals surface area contributed by atoms with E-state index in [0.717, 1.165) is 59.9 Å². The van der Waals surface area contributed by atoms with Gasteiger partial charge in [0.1, 0.15) is 11.3 Å². The van der Waals surface area contributed by atoms with E-state index in [9.17, 15) is 14.4 Å². The van der Waals surface area contributed by atoms with Crippen molar-refractivity contribution in [1.29, 1.82) is 0 Å². The number of benzene rings is 1. The van der Waals surface area contributed by atoms with E-state index in [1.807, 2.05) is 6.07 Å². The summed E-state index contributed by atoms with van der Waals surface area (Å²) in [5, 5.41) is 13.1. The predicted molar refractivity (Wildman–Crippen MR) is 141 cm³/mol. The van der Waals surface area contributed by atoms with Gasteiger partial charge in [-0.2, -0.15) is 10.1 Å². The molecule has 0 radical (unpaired) electrons. The molecular formula is C28H30FN7O3. The van der Waals surface area contributed by atoms with E-state index in [0.29, 0.717) is 36.0 Å². The van der Waals surface area contributed by atoms with Gasteiger partial charge in [0.15, 0.2) is 5.82 Å². The molecule has 1 aliphatic carbocycles. The minimum atomic E-state index is -0.559. The lowest BCUT2D eigenvalue weighted by molar-refractivity contribution is -0.163. The number of aromatic nitrogens is 3. The maximum atomic E-state index is 16.1. The fourth-order valence-electron chi connectivity index (χ4n) is 6.06. The van der Waals surface area contributed by atoms with Crippen LogP contribution >= 0.6 is 0 Å². The average molecular weight is 532 g/mol. The van der Waals surface area contributed by atoms with Gasteiger partial charge in [0.2, 0.25) is 11.8 Å². The number of carbonyl (C=O) groups excluding carboxylic acids is 3. The SMILES string of the molecule is O=C1c2ccc(-c3cc(CN4CCCC4)c4[nH]nc(NC5CCC5)c4n3)c(F)c2CN1N1C(=O)CCCC1=O. The van der Waals surface area contributed by atoms with Gasteiger partial charge in [0, 0.05) is 42.1 Å². The Kier molecular flexibility index (Phi) is 5.84. The standard InChI is InChI=1S/C28H30FN7O3/c29-24-19(10-9-18-20(24)15-35(28(18)39)36-22(37)7-4-8-23(36)38)21-13-16(14-34-11-1-2-12-34)25-26(31-21)27(33-32-25)30-17-5-3-6-17/h9-10,13,17H,1-8,11-12,14-15H2,(H2,30,32,33). The van der Waals surface area contributed by atoms with Crippen molar-refractivity contribution in [2.24, 2.45) is 0 Å². The number of hydrogen-bond donors (Lipinski definition) is 2. The zero-order valence-electron chi connectivity index (χ0n) is 21.6. The number of piperidine rings is 1. The van der Waals surface area contributed by atoms with Crippen molar-refractivity contribution in [1.82, 2.24) is 30.1 Å². The zero-order valence-corrected chi connectivity index (χ0v) is 21.6. The van der Waals surface area contributed by atoms with Crippen molar-refractivity contribution >= 4 is 34.6 Å². The summed E-state index contributed by atoms with van der Waals surface area (Å²) in [7, 11) is 0. The summed E-state index contributed by atoms with van der Waals surface area (Å²) in [6.45, 7) is 2.56. The van der Waals surface area contributed by atoms with Crippen LogP contribution in [-0.2, 0) is 22.7 Å². The van der Waals surface area contributed by atoms with Gasteiger partial charge in [-0.3, -0.25) is 24.4 Å². The number of H-pyrrole nitrogens is 1. The normalized spacial score (nSPS) is 20.3. The third-order valence-electron chi connectivity index (χ3n) is 8.43. The van der Waals surface area contributed by atoms with Crippen molar-refractivity contribution in [2.75, 3.05) is 18.4 Å². The number of nitrogens with zero attached hydrogens (tertiary/aromatic N) is 5. The molecule has 0 spiro atoms. The van der Waals surface area contributed by atoms with Crippen molar-refractivity contribution in [3.05, 3.63) is 40.7 Å². The lowest BCUT2D eigenvalue weighted by Gasteiger charge is -2.32. The summed E-state index contributed by atoms with van der Waals surface area (Å²) in [6.07, 6.45) is 6.50. The molecule has 4 aliphatic rings. The molecule has 3 amide bonds. The van der Waals surface area contributed by atoms with Crippen LogP contribution in [0.4, 0.5) is 10.2 Å². The summed E-state index contributed by atoms with van der Waals surface area (Å²) < 4.78 is 16.1. The van der Waals surface area contributed by atoms with E-state index in [1.165, 1.54) is 6.42 Å². The van der Waals surface area contributed by atoms with Crippen molar-refractivity contribution in [3.63, 3.8) is 0 Å². The van der Waals surface area contributed by atoms with Crippen molar-refractivity contribution in [3.8, 4) is 11.3 Å². The number of rotatable bonds is 6. The smallest absolute Gasteiger partial charge is 0.273 e. The minimum absolute atomic E-state index is 0.163. The Balaban J connectivity index is 1.28. The molecule has 1 saturated carbocycles. The number of nitrogens with one attached hydrogen (secondary N) is 2. The van der Waals surface area contributed by atoms with Gasteiger partial charge in [0.25, 0.3) is 5.91 Å². The van der Waals surface area contributed by atoms with Crippen LogP contribution in [0.15, 0.2) is 18.2 Å². The quantitative estimate of drug-likeness (QED) is 0.466. The topological polar surface area (TPSA) is 115 Å². The molecule has 7 rings (SSSR count). The summed E-state index contributed by atoms with van der Waals surface area (Å²) in [6, 6.07) is 5.41. The Labute approximate surface area is 224 Å². The maximum Gasteiger partial charge on any atom is 0.273 e. The number of anilines is 1. The fraction of sp³-hybridized carbons (Fsp3) is 0.464. The molecule has 2 aromatic heterocycles. The van der Waals surface area contributed by atoms with E-state index in [-0.39, 0.29) is 36.1 Å². The Bertz CT molecular complexity index is 1490. The van der Waals surface area contributed by atoms with Crippen LogP contribution in [0.25, 0.3) is 22.3 Å². The van der Waals surface area contributed by atoms with Crippen LogP contribution < -0.4 is 5.32 Å². The lowest BCUT2D eigenvalue weighted by Crippen LogP contribution is -2.52. The first-order valence-corrected chi connectivity index (χ1v) is 13.8. The number of aromatic amines is 1. The van der Waals surface area contributed by atoms with E-state index in [4.69, 9.17) is 4.98 Å². The van der Waals surface area contributed by atoms with Crippen LogP contribution in [0.2, 0.25) is 0 Å². The molecule has 39 heavy (non-hydrogen) atoms. The Hall–Kier alpha value is -3.86. The fourth-order valence-corrected chi connectivity index (χ4v) is 6.06. The third-order valence-corrected chi connectivity index (χ3v) is 8.43. The highest BCUT2D eigenvalue weighted by Crippen LogP contribution is 2.36. The number of carbonyl (C=O) groups is 3. The van der Waals surface area contributed by atoms with Gasteiger partial charge >= 0.3 is 0 Å². The van der Waals surface area contributed by atoms with Gasteiger partial charge in [-0.15, -0.1) is 0 Å². The number of halogens is 1. The molecule has 3 fully saturated rings. The second-order valence-electron chi connectivity index (χ2n) is 11.0. The van der Waals surface area contributed by atoms with E-state index in [2.05, 4.69) is 20.4 Å². The average Bonchev–Trinajstić information content (AvgIpc) is 3.62. The molecule has 0 bridgehead atoms. The number of amides is 3. The van der Waals surface area contributed by atoms with Crippen LogP contribution in [0.3, 0.4) is 0 Å². The summed E-state index contributed by atoms with van der Waals surface area (Å²) in [5.41, 5.74) is 3.59. The predicted octanol–water partition coefficient (Wildman–Crippen LogP) is 3.73. The summed E-state index contributed by atoms with van der Waals surface area (Å²) in [4.78, 5) is 45.3. The minimum Gasteiger partial charge on any atom is -0.364 e. The zero-order chi connectivity index (χ0) is 26.7. The highest BCUT2D eigenvalue weighted by molar-refractivity contribution is 6.05. The first kappa shape index (κ1) is 24.2. The van der Waals surface area contributed by atoms with E-state index >= 15 is 4.39 Å². The number of likely N-dealkylation sites (tertiary alicyclic amines) is 1. The lowest BCUT2D eigenvalue weighted by atomic mass is 9.93. The third kappa shape index (κ3) is 4.07. The van der Waals surface area contributed by atoms with E-state index in [1.54, 1.807) is 12.1 Å². The number of hydrazine groups is 1. The van der Waals surface area contributed by atoms with Crippen LogP contribution in [0, 0.1) is 5.82 Å². The molecule has 0 unspecified atom stereocenters. The molecule has 1 aromatic carbocycles. The summed E-state index contributed by atoms with van der Waals surface area (Å²) in [5.74, 6) is -1.30. The van der Waals surface area contributed by atoms with Crippen LogP contribution in [0.1, 0.15) is 72.9 Å². The van der Waals surface area contributed by atoms with Crippen LogP contribution in [-0.4, -0.2) is 67.0 Å². The Morgan fingerprint density at radius 1 is 1.00 bits per heavy atom. The van der Waals surface area contributed by atoms with E-state index < -0.39 is 23.5 Å². The summed E-state index contributed by atoms with van der Waals surface area (Å²) >= 11 is 0. The molecule has 2 saturated heterocycles. The highest BCUT2D eigenvalue weighted by Gasteiger charge is 2.41. The van der Waals surface area contributed by atoms with Crippen molar-refractivity contribution in [2.45, 2.75) is 70.5 Å². The Morgan fingerprint density at radius 2 is 1.74 bits per heavy atom. The van der Waals surface area contributed by atoms with Gasteiger partial charge in [-0.25, -0.2) is 14.4 Å². The number of fused-ring (bicyclic) bond motifs is 2. The second kappa shape index (κ2) is 9.41. The molecule has 0 atom stereocenters. The Morgan fingerprint density at radius 3 is 2.46 bits per heavy atom. The monoisotopic (exact) mass is 531 g/mol. The molecule has 5 heterocycles. The van der Waals surface area contributed by atoms with Gasteiger partial charge in [-0.05, 0) is 75.4 Å². The number of pyridine rings is 1. The molecular weight excluding hydrogens is 501 g/mol. The molecule has 2 N–H and O–H groups in total.